The summed E-state index contributed by atoms with van der Waals surface area (Å²) in [5.41, 5.74) is 1.20. The lowest BCUT2D eigenvalue weighted by molar-refractivity contribution is 0.0483. The van der Waals surface area contributed by atoms with E-state index in [4.69, 9.17) is 9.47 Å². The van der Waals surface area contributed by atoms with E-state index in [1.54, 1.807) is 7.11 Å². The van der Waals surface area contributed by atoms with Crippen LogP contribution in [0.5, 0.6) is 5.75 Å². The van der Waals surface area contributed by atoms with Crippen LogP contribution in [-0.4, -0.2) is 38.3 Å². The molecule has 1 aromatic carbocycles. The van der Waals surface area contributed by atoms with Crippen LogP contribution in [0.2, 0.25) is 0 Å². The van der Waals surface area contributed by atoms with E-state index in [0.29, 0.717) is 12.7 Å². The molecule has 0 amide bonds. The summed E-state index contributed by atoms with van der Waals surface area (Å²) in [7, 11) is 3.82. The highest BCUT2D eigenvalue weighted by atomic mass is 16.5. The third kappa shape index (κ3) is 2.97. The van der Waals surface area contributed by atoms with Gasteiger partial charge < -0.3 is 14.4 Å². The van der Waals surface area contributed by atoms with Crippen LogP contribution in [0.1, 0.15) is 12.0 Å². The first-order valence-corrected chi connectivity index (χ1v) is 5.71. The van der Waals surface area contributed by atoms with E-state index >= 15 is 0 Å². The summed E-state index contributed by atoms with van der Waals surface area (Å²) >= 11 is 0. The Morgan fingerprint density at radius 3 is 2.62 bits per heavy atom. The van der Waals surface area contributed by atoms with Crippen molar-refractivity contribution >= 4 is 0 Å². The summed E-state index contributed by atoms with van der Waals surface area (Å²) in [6.07, 6.45) is 1.54. The number of hydrogen-bond acceptors (Lipinski definition) is 3. The second-order valence-corrected chi connectivity index (χ2v) is 4.33. The molecule has 0 bridgehead atoms. The van der Waals surface area contributed by atoms with Gasteiger partial charge >= 0.3 is 0 Å². The van der Waals surface area contributed by atoms with Crippen molar-refractivity contribution in [3.05, 3.63) is 29.8 Å². The Kier molecular flexibility index (Phi) is 3.80. The van der Waals surface area contributed by atoms with Gasteiger partial charge in [0.2, 0.25) is 0 Å². The second-order valence-electron chi connectivity index (χ2n) is 4.33. The van der Waals surface area contributed by atoms with E-state index in [0.717, 1.165) is 25.3 Å². The van der Waals surface area contributed by atoms with E-state index < -0.39 is 0 Å². The van der Waals surface area contributed by atoms with Crippen LogP contribution in [0.3, 0.4) is 0 Å². The molecular formula is C13H19NO2. The van der Waals surface area contributed by atoms with Gasteiger partial charge in [0.15, 0.2) is 0 Å². The lowest BCUT2D eigenvalue weighted by Crippen LogP contribution is -2.18. The number of likely N-dealkylation sites (tertiary alicyclic amines) is 1. The topological polar surface area (TPSA) is 21.7 Å². The van der Waals surface area contributed by atoms with Gasteiger partial charge in [0.25, 0.3) is 0 Å². The molecule has 1 fully saturated rings. The summed E-state index contributed by atoms with van der Waals surface area (Å²) in [6, 6.07) is 8.05. The van der Waals surface area contributed by atoms with Crippen molar-refractivity contribution in [1.82, 2.24) is 4.90 Å². The van der Waals surface area contributed by atoms with Gasteiger partial charge in [-0.05, 0) is 31.2 Å². The SMILES string of the molecule is COc1ccc(COC2CCN(C)C2)cc1. The molecule has 3 heteroatoms. The predicted octanol–water partition coefficient (Wildman–Crippen LogP) is 1.92. The number of likely N-dealkylation sites (N-methyl/N-ethyl adjacent to an activating group) is 1. The first kappa shape index (κ1) is 11.4. The fourth-order valence-electron chi connectivity index (χ4n) is 1.97. The quantitative estimate of drug-likeness (QED) is 0.775. The molecule has 3 nitrogen and oxygen atoms in total. The van der Waals surface area contributed by atoms with Crippen molar-refractivity contribution < 1.29 is 9.47 Å². The summed E-state index contributed by atoms with van der Waals surface area (Å²) < 4.78 is 11.0. The van der Waals surface area contributed by atoms with Crippen LogP contribution >= 0.6 is 0 Å². The second kappa shape index (κ2) is 5.32. The van der Waals surface area contributed by atoms with Gasteiger partial charge in [-0.1, -0.05) is 12.1 Å². The van der Waals surface area contributed by atoms with E-state index in [2.05, 4.69) is 24.1 Å². The number of ether oxygens (including phenoxy) is 2. The summed E-state index contributed by atoms with van der Waals surface area (Å²) in [5, 5.41) is 0. The zero-order valence-electron chi connectivity index (χ0n) is 9.98. The Morgan fingerprint density at radius 1 is 1.31 bits per heavy atom. The molecule has 1 aliphatic heterocycles. The molecule has 16 heavy (non-hydrogen) atoms. The Hall–Kier alpha value is -1.06. The molecule has 88 valence electrons. The monoisotopic (exact) mass is 221 g/mol. The summed E-state index contributed by atoms with van der Waals surface area (Å²) in [6.45, 7) is 2.89. The van der Waals surface area contributed by atoms with Crippen LogP contribution in [0, 0.1) is 0 Å². The van der Waals surface area contributed by atoms with Crippen molar-refractivity contribution in [3.8, 4) is 5.75 Å². The van der Waals surface area contributed by atoms with Crippen LogP contribution in [0.15, 0.2) is 24.3 Å². The van der Waals surface area contributed by atoms with Crippen molar-refractivity contribution in [2.75, 3.05) is 27.2 Å². The number of hydrogen-bond donors (Lipinski definition) is 0. The fourth-order valence-corrected chi connectivity index (χ4v) is 1.97. The highest BCUT2D eigenvalue weighted by molar-refractivity contribution is 5.26. The molecular weight excluding hydrogens is 202 g/mol. The van der Waals surface area contributed by atoms with Gasteiger partial charge in [0.05, 0.1) is 19.8 Å². The van der Waals surface area contributed by atoms with E-state index in [1.807, 2.05) is 12.1 Å². The van der Waals surface area contributed by atoms with Crippen molar-refractivity contribution in [3.63, 3.8) is 0 Å². The van der Waals surface area contributed by atoms with E-state index in [1.165, 1.54) is 5.56 Å². The molecule has 1 heterocycles. The average Bonchev–Trinajstić information content (AvgIpc) is 2.73. The zero-order chi connectivity index (χ0) is 11.4. The van der Waals surface area contributed by atoms with Gasteiger partial charge in [-0.15, -0.1) is 0 Å². The molecule has 0 aliphatic carbocycles. The third-order valence-corrected chi connectivity index (χ3v) is 2.99. The van der Waals surface area contributed by atoms with Crippen LogP contribution in [0.4, 0.5) is 0 Å². The largest absolute Gasteiger partial charge is 0.497 e. The molecule has 0 aromatic heterocycles. The minimum absolute atomic E-state index is 0.395. The molecule has 1 aromatic rings. The van der Waals surface area contributed by atoms with E-state index in [9.17, 15) is 0 Å². The Labute approximate surface area is 97.0 Å². The van der Waals surface area contributed by atoms with Gasteiger partial charge in [-0.25, -0.2) is 0 Å². The Bertz CT molecular complexity index is 323. The van der Waals surface area contributed by atoms with Crippen LogP contribution in [0.25, 0.3) is 0 Å². The van der Waals surface area contributed by atoms with Crippen LogP contribution < -0.4 is 4.74 Å². The Balaban J connectivity index is 1.80. The molecule has 0 saturated carbocycles. The molecule has 1 saturated heterocycles. The minimum Gasteiger partial charge on any atom is -0.497 e. The maximum Gasteiger partial charge on any atom is 0.118 e. The number of methoxy groups -OCH3 is 1. The standard InChI is InChI=1S/C13H19NO2/c1-14-8-7-13(9-14)16-10-11-3-5-12(15-2)6-4-11/h3-6,13H,7-10H2,1-2H3. The van der Waals surface area contributed by atoms with Crippen molar-refractivity contribution in [2.45, 2.75) is 19.1 Å². The van der Waals surface area contributed by atoms with Crippen molar-refractivity contribution in [1.29, 1.82) is 0 Å². The first-order chi connectivity index (χ1) is 7.78. The Morgan fingerprint density at radius 2 is 2.06 bits per heavy atom. The molecule has 0 radical (unpaired) electrons. The maximum atomic E-state index is 5.85. The van der Waals surface area contributed by atoms with E-state index in [-0.39, 0.29) is 0 Å². The predicted molar refractivity (Wildman–Crippen MR) is 63.7 cm³/mol. The third-order valence-electron chi connectivity index (χ3n) is 2.99. The van der Waals surface area contributed by atoms with Crippen molar-refractivity contribution in [2.24, 2.45) is 0 Å². The fraction of sp³-hybridized carbons (Fsp3) is 0.538. The molecule has 0 N–H and O–H groups in total. The lowest BCUT2D eigenvalue weighted by atomic mass is 10.2. The minimum atomic E-state index is 0.395. The van der Waals surface area contributed by atoms with Gasteiger partial charge in [-0.3, -0.25) is 0 Å². The molecule has 1 atom stereocenters. The van der Waals surface area contributed by atoms with Crippen LogP contribution in [-0.2, 0) is 11.3 Å². The van der Waals surface area contributed by atoms with Gasteiger partial charge in [0.1, 0.15) is 5.75 Å². The number of rotatable bonds is 4. The average molecular weight is 221 g/mol. The molecule has 1 unspecified atom stereocenters. The maximum absolute atomic E-state index is 5.85. The van der Waals surface area contributed by atoms with Gasteiger partial charge in [-0.2, -0.15) is 0 Å². The smallest absolute Gasteiger partial charge is 0.118 e. The first-order valence-electron chi connectivity index (χ1n) is 5.71. The number of nitrogens with zero attached hydrogens (tertiary/aromatic N) is 1. The highest BCUT2D eigenvalue weighted by Crippen LogP contribution is 2.15. The lowest BCUT2D eigenvalue weighted by Gasteiger charge is -2.12. The number of benzene rings is 1. The molecule has 0 spiro atoms. The normalized spacial score (nSPS) is 21.2. The highest BCUT2D eigenvalue weighted by Gasteiger charge is 2.19. The summed E-state index contributed by atoms with van der Waals surface area (Å²) in [4.78, 5) is 2.30. The molecule has 1 aliphatic rings. The zero-order valence-corrected chi connectivity index (χ0v) is 9.98. The summed E-state index contributed by atoms with van der Waals surface area (Å²) in [5.74, 6) is 0.893. The van der Waals surface area contributed by atoms with Gasteiger partial charge in [0, 0.05) is 13.1 Å². The molecule has 2 rings (SSSR count).